The predicted molar refractivity (Wildman–Crippen MR) is 103 cm³/mol. The van der Waals surface area contributed by atoms with Gasteiger partial charge in [0.2, 0.25) is 0 Å². The van der Waals surface area contributed by atoms with Crippen molar-refractivity contribution in [2.75, 3.05) is 19.7 Å². The molecule has 2 aromatic carbocycles. The van der Waals surface area contributed by atoms with E-state index in [1.165, 1.54) is 0 Å². The van der Waals surface area contributed by atoms with Crippen LogP contribution in [-0.4, -0.2) is 36.6 Å². The first-order chi connectivity index (χ1) is 12.7. The summed E-state index contributed by atoms with van der Waals surface area (Å²) in [5, 5.41) is 0.661. The van der Waals surface area contributed by atoms with Crippen LogP contribution in [0.15, 0.2) is 48.5 Å². The van der Waals surface area contributed by atoms with Gasteiger partial charge in [0.25, 0.3) is 5.91 Å². The zero-order valence-corrected chi connectivity index (χ0v) is 15.7. The van der Waals surface area contributed by atoms with Crippen LogP contribution in [0.25, 0.3) is 0 Å². The van der Waals surface area contributed by atoms with Gasteiger partial charge in [-0.25, -0.2) is 0 Å². The standard InChI is InChI=1S/C21H24ClNO3/c1-2-25-17-11-13-23(14-12-17)21(24)18-8-4-6-10-20(18)26-15-16-7-3-5-9-19(16)22/h3-10,17H,2,11-15H2,1H3. The third-order valence-electron chi connectivity index (χ3n) is 4.59. The van der Waals surface area contributed by atoms with Crippen LogP contribution in [0.5, 0.6) is 5.75 Å². The summed E-state index contributed by atoms with van der Waals surface area (Å²) in [5.74, 6) is 0.596. The summed E-state index contributed by atoms with van der Waals surface area (Å²) in [6, 6.07) is 14.9. The quantitative estimate of drug-likeness (QED) is 0.745. The molecule has 5 heteroatoms. The van der Waals surface area contributed by atoms with Crippen molar-refractivity contribution < 1.29 is 14.3 Å². The molecule has 0 spiro atoms. The zero-order chi connectivity index (χ0) is 18.4. The van der Waals surface area contributed by atoms with E-state index in [1.54, 1.807) is 0 Å². The summed E-state index contributed by atoms with van der Waals surface area (Å²) >= 11 is 6.19. The third-order valence-corrected chi connectivity index (χ3v) is 4.96. The van der Waals surface area contributed by atoms with E-state index in [1.807, 2.05) is 60.4 Å². The SMILES string of the molecule is CCOC1CCN(C(=O)c2ccccc2OCc2ccccc2Cl)CC1. The van der Waals surface area contributed by atoms with E-state index in [4.69, 9.17) is 21.1 Å². The summed E-state index contributed by atoms with van der Waals surface area (Å²) in [6.45, 7) is 4.47. The van der Waals surface area contributed by atoms with Crippen LogP contribution >= 0.6 is 11.6 Å². The highest BCUT2D eigenvalue weighted by atomic mass is 35.5. The fourth-order valence-electron chi connectivity index (χ4n) is 3.17. The molecule has 138 valence electrons. The first kappa shape index (κ1) is 18.7. The Balaban J connectivity index is 1.67. The fraction of sp³-hybridized carbons (Fsp3) is 0.381. The van der Waals surface area contributed by atoms with Crippen molar-refractivity contribution in [1.29, 1.82) is 0 Å². The summed E-state index contributed by atoms with van der Waals surface area (Å²) in [5.41, 5.74) is 1.49. The van der Waals surface area contributed by atoms with Crippen molar-refractivity contribution in [1.82, 2.24) is 4.90 Å². The Morgan fingerprint density at radius 1 is 1.12 bits per heavy atom. The van der Waals surface area contributed by atoms with Crippen molar-refractivity contribution in [2.24, 2.45) is 0 Å². The maximum Gasteiger partial charge on any atom is 0.257 e. The first-order valence-electron chi connectivity index (χ1n) is 9.05. The van der Waals surface area contributed by atoms with Crippen molar-refractivity contribution in [2.45, 2.75) is 32.5 Å². The van der Waals surface area contributed by atoms with Crippen molar-refractivity contribution in [3.8, 4) is 5.75 Å². The largest absolute Gasteiger partial charge is 0.488 e. The van der Waals surface area contributed by atoms with Gasteiger partial charge in [-0.1, -0.05) is 41.9 Å². The molecule has 1 aliphatic heterocycles. The number of ether oxygens (including phenoxy) is 2. The van der Waals surface area contributed by atoms with Crippen molar-refractivity contribution in [3.05, 3.63) is 64.7 Å². The van der Waals surface area contributed by atoms with E-state index in [2.05, 4.69) is 0 Å². The first-order valence-corrected chi connectivity index (χ1v) is 9.43. The monoisotopic (exact) mass is 373 g/mol. The number of piperidine rings is 1. The molecule has 0 atom stereocenters. The van der Waals surface area contributed by atoms with Crippen LogP contribution in [-0.2, 0) is 11.3 Å². The Hall–Kier alpha value is -2.04. The lowest BCUT2D eigenvalue weighted by Gasteiger charge is -2.32. The molecule has 0 N–H and O–H groups in total. The molecule has 0 aromatic heterocycles. The van der Waals surface area contributed by atoms with Crippen LogP contribution in [0.1, 0.15) is 35.7 Å². The highest BCUT2D eigenvalue weighted by molar-refractivity contribution is 6.31. The Morgan fingerprint density at radius 2 is 1.81 bits per heavy atom. The number of hydrogen-bond donors (Lipinski definition) is 0. The molecule has 0 aliphatic carbocycles. The normalized spacial score (nSPS) is 15.1. The number of benzene rings is 2. The second-order valence-corrected chi connectivity index (χ2v) is 6.73. The number of carbonyl (C=O) groups excluding carboxylic acids is 1. The van der Waals surface area contributed by atoms with Crippen molar-refractivity contribution in [3.63, 3.8) is 0 Å². The van der Waals surface area contributed by atoms with Gasteiger partial charge in [-0.3, -0.25) is 4.79 Å². The number of para-hydroxylation sites is 1. The molecule has 1 aliphatic rings. The van der Waals surface area contributed by atoms with Crippen LogP contribution in [0, 0.1) is 0 Å². The third kappa shape index (κ3) is 4.57. The molecule has 0 unspecified atom stereocenters. The van der Waals surface area contributed by atoms with Crippen LogP contribution in [0.3, 0.4) is 0 Å². The number of carbonyl (C=O) groups is 1. The highest BCUT2D eigenvalue weighted by Gasteiger charge is 2.25. The van der Waals surface area contributed by atoms with E-state index in [0.717, 1.165) is 25.0 Å². The van der Waals surface area contributed by atoms with Gasteiger partial charge in [-0.05, 0) is 38.0 Å². The number of rotatable bonds is 6. The fourth-order valence-corrected chi connectivity index (χ4v) is 3.36. The minimum atomic E-state index is 0.00899. The van der Waals surface area contributed by atoms with E-state index < -0.39 is 0 Å². The van der Waals surface area contributed by atoms with Gasteiger partial charge in [0, 0.05) is 30.3 Å². The van der Waals surface area contributed by atoms with Gasteiger partial charge >= 0.3 is 0 Å². The highest BCUT2D eigenvalue weighted by Crippen LogP contribution is 2.25. The van der Waals surface area contributed by atoms with Crippen molar-refractivity contribution >= 4 is 17.5 Å². The molecule has 3 rings (SSSR count). The molecule has 0 radical (unpaired) electrons. The molecular formula is C21H24ClNO3. The van der Waals surface area contributed by atoms with E-state index in [9.17, 15) is 4.79 Å². The summed E-state index contributed by atoms with van der Waals surface area (Å²) in [7, 11) is 0. The number of hydrogen-bond acceptors (Lipinski definition) is 3. The molecule has 4 nitrogen and oxygen atoms in total. The lowest BCUT2D eigenvalue weighted by molar-refractivity contribution is 0.0145. The smallest absolute Gasteiger partial charge is 0.257 e. The zero-order valence-electron chi connectivity index (χ0n) is 15.0. The van der Waals surface area contributed by atoms with Crippen LogP contribution < -0.4 is 4.74 Å². The van der Waals surface area contributed by atoms with Gasteiger partial charge in [0.1, 0.15) is 12.4 Å². The Labute approximate surface area is 159 Å². The minimum Gasteiger partial charge on any atom is -0.488 e. The minimum absolute atomic E-state index is 0.00899. The predicted octanol–water partition coefficient (Wildman–Crippen LogP) is 4.56. The summed E-state index contributed by atoms with van der Waals surface area (Å²) in [6.07, 6.45) is 2.01. The van der Waals surface area contributed by atoms with Gasteiger partial charge < -0.3 is 14.4 Å². The van der Waals surface area contributed by atoms with Gasteiger partial charge in [-0.2, -0.15) is 0 Å². The van der Waals surface area contributed by atoms with Crippen LogP contribution in [0.2, 0.25) is 5.02 Å². The second kappa shape index (κ2) is 9.06. The molecule has 0 bridgehead atoms. The number of halogens is 1. The lowest BCUT2D eigenvalue weighted by atomic mass is 10.1. The molecule has 1 heterocycles. The average molecular weight is 374 g/mol. The number of amides is 1. The maximum atomic E-state index is 12.9. The summed E-state index contributed by atoms with van der Waals surface area (Å²) in [4.78, 5) is 14.8. The Bertz CT molecular complexity index is 742. The average Bonchev–Trinajstić information content (AvgIpc) is 2.68. The van der Waals surface area contributed by atoms with Crippen LogP contribution in [0.4, 0.5) is 0 Å². The molecule has 1 amide bonds. The Kier molecular flexibility index (Phi) is 6.53. The molecule has 26 heavy (non-hydrogen) atoms. The van der Waals surface area contributed by atoms with Gasteiger partial charge in [0.05, 0.1) is 11.7 Å². The van der Waals surface area contributed by atoms with E-state index >= 15 is 0 Å². The molecular weight excluding hydrogens is 350 g/mol. The lowest BCUT2D eigenvalue weighted by Crippen LogP contribution is -2.41. The van der Waals surface area contributed by atoms with Gasteiger partial charge in [0.15, 0.2) is 0 Å². The van der Waals surface area contributed by atoms with E-state index in [-0.39, 0.29) is 12.0 Å². The topological polar surface area (TPSA) is 38.8 Å². The van der Waals surface area contributed by atoms with Gasteiger partial charge in [-0.15, -0.1) is 0 Å². The van der Waals surface area contributed by atoms with E-state index in [0.29, 0.717) is 36.0 Å². The number of nitrogens with zero attached hydrogens (tertiary/aromatic N) is 1. The maximum absolute atomic E-state index is 12.9. The summed E-state index contributed by atoms with van der Waals surface area (Å²) < 4.78 is 11.6. The molecule has 2 aromatic rings. The molecule has 1 saturated heterocycles. The molecule has 0 saturated carbocycles. The molecule has 1 fully saturated rings. The second-order valence-electron chi connectivity index (χ2n) is 6.32. The number of likely N-dealkylation sites (tertiary alicyclic amines) is 1. The Morgan fingerprint density at radius 3 is 2.54 bits per heavy atom.